The molecular formula is C13H13ClO4. The SMILES string of the molecule is C=CC(Cl)c1ccc(OC(C)=O)c(OC(C)=O)c1. The third kappa shape index (κ3) is 3.89. The molecular weight excluding hydrogens is 256 g/mol. The van der Waals surface area contributed by atoms with Crippen LogP contribution in [0.1, 0.15) is 24.8 Å². The van der Waals surface area contributed by atoms with Crippen LogP contribution in [0.5, 0.6) is 11.5 Å². The highest BCUT2D eigenvalue weighted by Gasteiger charge is 2.13. The van der Waals surface area contributed by atoms with Crippen LogP contribution < -0.4 is 9.47 Å². The highest BCUT2D eigenvalue weighted by molar-refractivity contribution is 6.21. The van der Waals surface area contributed by atoms with Crippen molar-refractivity contribution in [2.24, 2.45) is 0 Å². The van der Waals surface area contributed by atoms with Gasteiger partial charge in [0, 0.05) is 13.8 Å². The molecule has 0 bridgehead atoms. The number of rotatable bonds is 4. The minimum absolute atomic E-state index is 0.155. The molecule has 0 aliphatic carbocycles. The number of hydrogen-bond donors (Lipinski definition) is 0. The van der Waals surface area contributed by atoms with Crippen LogP contribution in [0.3, 0.4) is 0 Å². The molecule has 96 valence electrons. The molecule has 0 aliphatic heterocycles. The molecule has 0 saturated heterocycles. The molecule has 5 heteroatoms. The molecule has 0 aliphatic rings. The summed E-state index contributed by atoms with van der Waals surface area (Å²) in [5, 5.41) is -0.411. The van der Waals surface area contributed by atoms with E-state index in [-0.39, 0.29) is 11.5 Å². The third-order valence-corrected chi connectivity index (χ3v) is 2.43. The standard InChI is InChI=1S/C13H13ClO4/c1-4-11(14)10-5-6-12(17-8(2)15)13(7-10)18-9(3)16/h4-7,11H,1H2,2-3H3. The summed E-state index contributed by atoms with van der Waals surface area (Å²) in [6.07, 6.45) is 1.54. The third-order valence-electron chi connectivity index (χ3n) is 2.00. The molecule has 0 heterocycles. The van der Waals surface area contributed by atoms with Crippen LogP contribution in [0.2, 0.25) is 0 Å². The Morgan fingerprint density at radius 2 is 1.78 bits per heavy atom. The van der Waals surface area contributed by atoms with Gasteiger partial charge in [0.1, 0.15) is 0 Å². The summed E-state index contributed by atoms with van der Waals surface area (Å²) in [7, 11) is 0. The Labute approximate surface area is 110 Å². The van der Waals surface area contributed by atoms with E-state index in [4.69, 9.17) is 21.1 Å². The summed E-state index contributed by atoms with van der Waals surface area (Å²) in [5.74, 6) is -0.676. The molecule has 0 fully saturated rings. The molecule has 0 amide bonds. The van der Waals surface area contributed by atoms with Gasteiger partial charge in [-0.3, -0.25) is 9.59 Å². The van der Waals surface area contributed by atoms with Crippen LogP contribution in [0, 0.1) is 0 Å². The largest absolute Gasteiger partial charge is 0.423 e. The first-order valence-corrected chi connectivity index (χ1v) is 5.65. The van der Waals surface area contributed by atoms with Gasteiger partial charge in [-0.25, -0.2) is 0 Å². The van der Waals surface area contributed by atoms with Gasteiger partial charge in [0.25, 0.3) is 0 Å². The van der Waals surface area contributed by atoms with E-state index in [1.807, 2.05) is 0 Å². The Hall–Kier alpha value is -1.81. The van der Waals surface area contributed by atoms with Crippen LogP contribution in [0.4, 0.5) is 0 Å². The normalized spacial score (nSPS) is 11.5. The second-order valence-electron chi connectivity index (χ2n) is 3.53. The quantitative estimate of drug-likeness (QED) is 0.365. The monoisotopic (exact) mass is 268 g/mol. The number of esters is 2. The summed E-state index contributed by atoms with van der Waals surface area (Å²) >= 11 is 5.99. The van der Waals surface area contributed by atoms with E-state index in [1.54, 1.807) is 18.2 Å². The molecule has 0 N–H and O–H groups in total. The van der Waals surface area contributed by atoms with Gasteiger partial charge in [0.2, 0.25) is 0 Å². The zero-order valence-electron chi connectivity index (χ0n) is 10.1. The summed E-state index contributed by atoms with van der Waals surface area (Å²) in [6, 6.07) is 4.73. The van der Waals surface area contributed by atoms with Crippen molar-refractivity contribution in [2.75, 3.05) is 0 Å². The van der Waals surface area contributed by atoms with E-state index in [0.29, 0.717) is 5.56 Å². The van der Waals surface area contributed by atoms with Gasteiger partial charge in [0.15, 0.2) is 11.5 Å². The Bertz CT molecular complexity index is 482. The highest BCUT2D eigenvalue weighted by atomic mass is 35.5. The zero-order valence-corrected chi connectivity index (χ0v) is 10.9. The van der Waals surface area contributed by atoms with Gasteiger partial charge in [-0.1, -0.05) is 12.1 Å². The first-order valence-electron chi connectivity index (χ1n) is 5.21. The molecule has 1 atom stereocenters. The first-order chi connectivity index (χ1) is 8.43. The number of hydrogen-bond acceptors (Lipinski definition) is 4. The fraction of sp³-hybridized carbons (Fsp3) is 0.231. The highest BCUT2D eigenvalue weighted by Crippen LogP contribution is 2.33. The number of allylic oxidation sites excluding steroid dienone is 1. The zero-order chi connectivity index (χ0) is 13.7. The minimum Gasteiger partial charge on any atom is -0.423 e. The molecule has 1 aromatic carbocycles. The molecule has 18 heavy (non-hydrogen) atoms. The Kier molecular flexibility index (Phi) is 4.92. The van der Waals surface area contributed by atoms with Crippen LogP contribution >= 0.6 is 11.6 Å². The number of ether oxygens (including phenoxy) is 2. The molecule has 0 radical (unpaired) electrons. The van der Waals surface area contributed by atoms with E-state index < -0.39 is 17.3 Å². The van der Waals surface area contributed by atoms with E-state index in [1.165, 1.54) is 19.9 Å². The lowest BCUT2D eigenvalue weighted by Gasteiger charge is -2.11. The Morgan fingerprint density at radius 1 is 1.22 bits per heavy atom. The van der Waals surface area contributed by atoms with Crippen molar-refractivity contribution in [2.45, 2.75) is 19.2 Å². The van der Waals surface area contributed by atoms with Gasteiger partial charge >= 0.3 is 11.9 Å². The molecule has 0 aromatic heterocycles. The molecule has 4 nitrogen and oxygen atoms in total. The first kappa shape index (κ1) is 14.3. The summed E-state index contributed by atoms with van der Waals surface area (Å²) < 4.78 is 9.90. The van der Waals surface area contributed by atoms with Crippen LogP contribution in [0.15, 0.2) is 30.9 Å². The van der Waals surface area contributed by atoms with Crippen molar-refractivity contribution < 1.29 is 19.1 Å². The number of halogens is 1. The number of carbonyl (C=O) groups excluding carboxylic acids is 2. The van der Waals surface area contributed by atoms with Crippen molar-refractivity contribution in [3.63, 3.8) is 0 Å². The van der Waals surface area contributed by atoms with Gasteiger partial charge in [-0.05, 0) is 17.7 Å². The predicted octanol–water partition coefficient (Wildman–Crippen LogP) is 3.00. The van der Waals surface area contributed by atoms with Crippen LogP contribution in [0.25, 0.3) is 0 Å². The number of benzene rings is 1. The average Bonchev–Trinajstić information content (AvgIpc) is 2.29. The topological polar surface area (TPSA) is 52.6 Å². The van der Waals surface area contributed by atoms with Crippen molar-refractivity contribution in [1.82, 2.24) is 0 Å². The molecule has 1 rings (SSSR count). The van der Waals surface area contributed by atoms with Gasteiger partial charge in [0.05, 0.1) is 5.38 Å². The molecule has 1 aromatic rings. The lowest BCUT2D eigenvalue weighted by molar-refractivity contribution is -0.134. The maximum atomic E-state index is 11.0. The smallest absolute Gasteiger partial charge is 0.308 e. The van der Waals surface area contributed by atoms with E-state index in [2.05, 4.69) is 6.58 Å². The van der Waals surface area contributed by atoms with Gasteiger partial charge in [-0.15, -0.1) is 18.2 Å². The Balaban J connectivity index is 3.14. The maximum Gasteiger partial charge on any atom is 0.308 e. The number of carbonyl (C=O) groups is 2. The predicted molar refractivity (Wildman–Crippen MR) is 67.9 cm³/mol. The Morgan fingerprint density at radius 3 is 2.28 bits per heavy atom. The fourth-order valence-corrected chi connectivity index (χ4v) is 1.44. The van der Waals surface area contributed by atoms with Gasteiger partial charge < -0.3 is 9.47 Å². The summed E-state index contributed by atoms with van der Waals surface area (Å²) in [5.41, 5.74) is 0.693. The molecule has 0 spiro atoms. The second-order valence-corrected chi connectivity index (χ2v) is 4.00. The van der Waals surface area contributed by atoms with Gasteiger partial charge in [-0.2, -0.15) is 0 Å². The van der Waals surface area contributed by atoms with Crippen LogP contribution in [-0.4, -0.2) is 11.9 Å². The molecule has 0 saturated carbocycles. The minimum atomic E-state index is -0.509. The lowest BCUT2D eigenvalue weighted by atomic mass is 10.1. The second kappa shape index (κ2) is 6.21. The average molecular weight is 269 g/mol. The van der Waals surface area contributed by atoms with Crippen LogP contribution in [-0.2, 0) is 9.59 Å². The maximum absolute atomic E-state index is 11.0. The van der Waals surface area contributed by atoms with E-state index >= 15 is 0 Å². The van der Waals surface area contributed by atoms with E-state index in [0.717, 1.165) is 0 Å². The van der Waals surface area contributed by atoms with E-state index in [9.17, 15) is 9.59 Å². The van der Waals surface area contributed by atoms with Crippen molar-refractivity contribution in [1.29, 1.82) is 0 Å². The van der Waals surface area contributed by atoms with Crippen molar-refractivity contribution in [3.8, 4) is 11.5 Å². The molecule has 1 unspecified atom stereocenters. The fourth-order valence-electron chi connectivity index (χ4n) is 1.31. The summed E-state index contributed by atoms with van der Waals surface area (Å²) in [6.45, 7) is 6.10. The summed E-state index contributed by atoms with van der Waals surface area (Å²) in [4.78, 5) is 21.9. The van der Waals surface area contributed by atoms with Crippen molar-refractivity contribution in [3.05, 3.63) is 36.4 Å². The number of alkyl halides is 1. The van der Waals surface area contributed by atoms with Crippen molar-refractivity contribution >= 4 is 23.5 Å². The lowest BCUT2D eigenvalue weighted by Crippen LogP contribution is -2.07.